The van der Waals surface area contributed by atoms with Crippen molar-refractivity contribution in [3.8, 4) is 17.2 Å². The van der Waals surface area contributed by atoms with E-state index in [0.29, 0.717) is 29.0 Å². The summed E-state index contributed by atoms with van der Waals surface area (Å²) >= 11 is 1.39. The SMILES string of the molecule is Cc1ccc(OCCSc2nnc(-c3ccc([N+](=O)[O-])cc3)o2)cc1. The molecular formula is C17H15N3O4S. The Labute approximate surface area is 148 Å². The molecule has 0 fully saturated rings. The van der Waals surface area contributed by atoms with Crippen molar-refractivity contribution in [3.63, 3.8) is 0 Å². The van der Waals surface area contributed by atoms with Crippen LogP contribution in [-0.2, 0) is 0 Å². The van der Waals surface area contributed by atoms with Crippen LogP contribution in [0.4, 0.5) is 5.69 Å². The third-order valence-electron chi connectivity index (χ3n) is 3.33. The van der Waals surface area contributed by atoms with E-state index in [2.05, 4.69) is 10.2 Å². The van der Waals surface area contributed by atoms with Crippen molar-refractivity contribution in [2.45, 2.75) is 12.1 Å². The number of nitrogens with zero attached hydrogens (tertiary/aromatic N) is 3. The molecule has 0 saturated heterocycles. The summed E-state index contributed by atoms with van der Waals surface area (Å²) in [6.07, 6.45) is 0. The number of non-ortho nitro benzene ring substituents is 1. The highest BCUT2D eigenvalue weighted by atomic mass is 32.2. The summed E-state index contributed by atoms with van der Waals surface area (Å²) in [5.41, 5.74) is 1.85. The zero-order valence-electron chi connectivity index (χ0n) is 13.4. The molecule has 3 aromatic rings. The number of nitro benzene ring substituents is 1. The highest BCUT2D eigenvalue weighted by molar-refractivity contribution is 7.99. The van der Waals surface area contributed by atoms with Crippen molar-refractivity contribution in [2.24, 2.45) is 0 Å². The molecule has 0 unspecified atom stereocenters. The van der Waals surface area contributed by atoms with Crippen molar-refractivity contribution >= 4 is 17.4 Å². The molecule has 0 radical (unpaired) electrons. The maximum atomic E-state index is 10.7. The summed E-state index contributed by atoms with van der Waals surface area (Å²) in [5, 5.41) is 19.0. The first-order valence-electron chi connectivity index (χ1n) is 7.52. The molecule has 0 spiro atoms. The van der Waals surface area contributed by atoms with Crippen LogP contribution in [0.1, 0.15) is 5.56 Å². The number of rotatable bonds is 7. The van der Waals surface area contributed by atoms with Crippen LogP contribution in [0, 0.1) is 17.0 Å². The van der Waals surface area contributed by atoms with E-state index in [1.165, 1.54) is 29.5 Å². The Balaban J connectivity index is 1.51. The molecule has 7 nitrogen and oxygen atoms in total. The van der Waals surface area contributed by atoms with Gasteiger partial charge in [-0.3, -0.25) is 10.1 Å². The number of benzene rings is 2. The lowest BCUT2D eigenvalue weighted by molar-refractivity contribution is -0.384. The Morgan fingerprint density at radius 1 is 1.12 bits per heavy atom. The first-order valence-corrected chi connectivity index (χ1v) is 8.51. The van der Waals surface area contributed by atoms with Crippen LogP contribution < -0.4 is 4.74 Å². The van der Waals surface area contributed by atoms with Gasteiger partial charge in [0, 0.05) is 23.4 Å². The molecule has 0 N–H and O–H groups in total. The fourth-order valence-electron chi connectivity index (χ4n) is 2.03. The molecule has 1 heterocycles. The van der Waals surface area contributed by atoms with Crippen LogP contribution >= 0.6 is 11.8 Å². The molecule has 0 aliphatic carbocycles. The average molecular weight is 357 g/mol. The molecule has 128 valence electrons. The fraction of sp³-hybridized carbons (Fsp3) is 0.176. The van der Waals surface area contributed by atoms with Crippen molar-refractivity contribution < 1.29 is 14.1 Å². The average Bonchev–Trinajstić information content (AvgIpc) is 3.09. The number of ether oxygens (including phenoxy) is 1. The van der Waals surface area contributed by atoms with Gasteiger partial charge in [0.15, 0.2) is 0 Å². The van der Waals surface area contributed by atoms with Gasteiger partial charge in [-0.25, -0.2) is 0 Å². The van der Waals surface area contributed by atoms with Crippen molar-refractivity contribution in [1.29, 1.82) is 0 Å². The molecule has 0 aliphatic heterocycles. The Bertz CT molecular complexity index is 847. The normalized spacial score (nSPS) is 10.6. The Kier molecular flexibility index (Phi) is 5.30. The first-order chi connectivity index (χ1) is 12.1. The van der Waals surface area contributed by atoms with Crippen molar-refractivity contribution in [1.82, 2.24) is 10.2 Å². The van der Waals surface area contributed by atoms with Crippen LogP contribution in [0.5, 0.6) is 5.75 Å². The molecule has 0 bridgehead atoms. The summed E-state index contributed by atoms with van der Waals surface area (Å²) in [7, 11) is 0. The van der Waals surface area contributed by atoms with E-state index in [9.17, 15) is 10.1 Å². The zero-order chi connectivity index (χ0) is 17.6. The van der Waals surface area contributed by atoms with Crippen LogP contribution in [0.25, 0.3) is 11.5 Å². The number of thioether (sulfide) groups is 1. The van der Waals surface area contributed by atoms with Gasteiger partial charge >= 0.3 is 0 Å². The summed E-state index contributed by atoms with van der Waals surface area (Å²) in [6, 6.07) is 13.8. The summed E-state index contributed by atoms with van der Waals surface area (Å²) in [4.78, 5) is 10.2. The van der Waals surface area contributed by atoms with Gasteiger partial charge in [0.25, 0.3) is 10.9 Å². The van der Waals surface area contributed by atoms with Gasteiger partial charge in [0.2, 0.25) is 5.89 Å². The minimum absolute atomic E-state index is 0.0196. The number of aryl methyl sites for hydroxylation is 1. The monoisotopic (exact) mass is 357 g/mol. The summed E-state index contributed by atoms with van der Waals surface area (Å²) in [5.74, 6) is 1.82. The maximum Gasteiger partial charge on any atom is 0.276 e. The second kappa shape index (κ2) is 7.80. The van der Waals surface area contributed by atoms with E-state index in [1.54, 1.807) is 12.1 Å². The van der Waals surface area contributed by atoms with E-state index < -0.39 is 4.92 Å². The highest BCUT2D eigenvalue weighted by Gasteiger charge is 2.11. The summed E-state index contributed by atoms with van der Waals surface area (Å²) in [6.45, 7) is 2.54. The topological polar surface area (TPSA) is 91.3 Å². The molecule has 0 amide bonds. The number of hydrogen-bond donors (Lipinski definition) is 0. The molecule has 8 heteroatoms. The van der Waals surface area contributed by atoms with Crippen LogP contribution in [0.2, 0.25) is 0 Å². The van der Waals surface area contributed by atoms with E-state index in [0.717, 1.165) is 5.75 Å². The molecule has 2 aromatic carbocycles. The fourth-order valence-corrected chi connectivity index (χ4v) is 2.61. The molecule has 0 saturated carbocycles. The number of aromatic nitrogens is 2. The van der Waals surface area contributed by atoms with E-state index >= 15 is 0 Å². The second-order valence-corrected chi connectivity index (χ2v) is 6.23. The van der Waals surface area contributed by atoms with Gasteiger partial charge in [-0.1, -0.05) is 29.5 Å². The van der Waals surface area contributed by atoms with Crippen LogP contribution in [-0.4, -0.2) is 27.5 Å². The van der Waals surface area contributed by atoms with Crippen LogP contribution in [0.15, 0.2) is 58.2 Å². The Hall–Kier alpha value is -2.87. The first kappa shape index (κ1) is 17.0. The quantitative estimate of drug-likeness (QED) is 0.272. The second-order valence-electron chi connectivity index (χ2n) is 5.19. The minimum Gasteiger partial charge on any atom is -0.493 e. The van der Waals surface area contributed by atoms with Gasteiger partial charge < -0.3 is 9.15 Å². The van der Waals surface area contributed by atoms with Gasteiger partial charge in [0.05, 0.1) is 11.5 Å². The third-order valence-corrected chi connectivity index (χ3v) is 4.11. The van der Waals surface area contributed by atoms with Crippen molar-refractivity contribution in [2.75, 3.05) is 12.4 Å². The van der Waals surface area contributed by atoms with Gasteiger partial charge in [0.1, 0.15) is 5.75 Å². The van der Waals surface area contributed by atoms with E-state index in [4.69, 9.17) is 9.15 Å². The predicted octanol–water partition coefficient (Wildman–Crippen LogP) is 4.12. The molecule has 1 aromatic heterocycles. The van der Waals surface area contributed by atoms with Gasteiger partial charge in [-0.15, -0.1) is 10.2 Å². The number of hydrogen-bond acceptors (Lipinski definition) is 7. The van der Waals surface area contributed by atoms with Crippen LogP contribution in [0.3, 0.4) is 0 Å². The zero-order valence-corrected chi connectivity index (χ0v) is 14.2. The minimum atomic E-state index is -0.451. The lowest BCUT2D eigenvalue weighted by Crippen LogP contribution is -1.99. The lowest BCUT2D eigenvalue weighted by Gasteiger charge is -2.04. The molecule has 3 rings (SSSR count). The van der Waals surface area contributed by atoms with Gasteiger partial charge in [-0.05, 0) is 31.2 Å². The molecule has 0 atom stereocenters. The number of nitro groups is 1. The standard InChI is InChI=1S/C17H15N3O4S/c1-12-2-8-15(9-3-12)23-10-11-25-17-19-18-16(24-17)13-4-6-14(7-5-13)20(21)22/h2-9H,10-11H2,1H3. The molecular weight excluding hydrogens is 342 g/mol. The Morgan fingerprint density at radius 2 is 1.84 bits per heavy atom. The highest BCUT2D eigenvalue weighted by Crippen LogP contribution is 2.25. The largest absolute Gasteiger partial charge is 0.493 e. The van der Waals surface area contributed by atoms with Gasteiger partial charge in [-0.2, -0.15) is 0 Å². The Morgan fingerprint density at radius 3 is 2.52 bits per heavy atom. The smallest absolute Gasteiger partial charge is 0.276 e. The molecule has 0 aliphatic rings. The van der Waals surface area contributed by atoms with E-state index in [-0.39, 0.29) is 5.69 Å². The summed E-state index contributed by atoms with van der Waals surface area (Å²) < 4.78 is 11.2. The lowest BCUT2D eigenvalue weighted by atomic mass is 10.2. The van der Waals surface area contributed by atoms with Crippen molar-refractivity contribution in [3.05, 3.63) is 64.2 Å². The molecule has 25 heavy (non-hydrogen) atoms. The predicted molar refractivity (Wildman–Crippen MR) is 93.8 cm³/mol. The maximum absolute atomic E-state index is 10.7. The van der Waals surface area contributed by atoms with E-state index in [1.807, 2.05) is 31.2 Å². The third kappa shape index (κ3) is 4.57.